The van der Waals surface area contributed by atoms with Crippen LogP contribution in [0.5, 0.6) is 0 Å². The molecule has 35 heavy (non-hydrogen) atoms. The van der Waals surface area contributed by atoms with E-state index < -0.39 is 18.0 Å². The minimum atomic E-state index is -2.79. The van der Waals surface area contributed by atoms with E-state index in [4.69, 9.17) is 0 Å². The van der Waals surface area contributed by atoms with Crippen molar-refractivity contribution in [1.82, 2.24) is 24.4 Å². The predicted octanol–water partition coefficient (Wildman–Crippen LogP) is 5.49. The van der Waals surface area contributed by atoms with E-state index in [-0.39, 0.29) is 17.3 Å². The van der Waals surface area contributed by atoms with Crippen LogP contribution in [0.1, 0.15) is 87.3 Å². The first kappa shape index (κ1) is 23.7. The van der Waals surface area contributed by atoms with Crippen molar-refractivity contribution in [2.45, 2.75) is 71.3 Å². The lowest BCUT2D eigenvalue weighted by atomic mass is 9.80. The summed E-state index contributed by atoms with van der Waals surface area (Å²) < 4.78 is 30.8. The smallest absolute Gasteiger partial charge is 0.284 e. The number of alkyl halides is 2. The molecule has 0 bridgehead atoms. The number of aromatic nitrogens is 5. The van der Waals surface area contributed by atoms with Crippen molar-refractivity contribution in [2.75, 3.05) is 23.3 Å². The number of hydrogen-bond donors (Lipinski definition) is 1. The standard InChI is InChI=1S/C25H33F2N7O/c1-16(2)17-6-8-18(9-7-17)34-15-20(22(31-34)23(26)27)29-25(35)19-14-28-33-13-10-21(30-24(19)33)32-11-4-3-5-12-32/h10,13-18,23H,3-9,11-12H2,1-2H3,(H,29,35). The van der Waals surface area contributed by atoms with E-state index in [1.54, 1.807) is 17.1 Å². The molecule has 4 heterocycles. The Hall–Kier alpha value is -3.04. The Kier molecular flexibility index (Phi) is 6.71. The average molecular weight is 486 g/mol. The number of rotatable bonds is 6. The second-order valence-corrected chi connectivity index (χ2v) is 10.1. The third-order valence-electron chi connectivity index (χ3n) is 7.55. The first-order chi connectivity index (χ1) is 16.9. The van der Waals surface area contributed by atoms with Gasteiger partial charge in [-0.3, -0.25) is 9.48 Å². The molecular weight excluding hydrogens is 452 g/mol. The van der Waals surface area contributed by atoms with Crippen molar-refractivity contribution in [3.05, 3.63) is 35.9 Å². The number of nitrogens with one attached hydrogen (secondary N) is 1. The average Bonchev–Trinajstić information content (AvgIpc) is 3.49. The lowest BCUT2D eigenvalue weighted by molar-refractivity contribution is 0.102. The van der Waals surface area contributed by atoms with E-state index in [1.807, 2.05) is 6.07 Å². The van der Waals surface area contributed by atoms with Gasteiger partial charge in [0.2, 0.25) is 0 Å². The van der Waals surface area contributed by atoms with Gasteiger partial charge >= 0.3 is 0 Å². The Morgan fingerprint density at radius 2 is 1.86 bits per heavy atom. The summed E-state index contributed by atoms with van der Waals surface area (Å²) in [6, 6.07) is 1.96. The molecule has 1 saturated heterocycles. The van der Waals surface area contributed by atoms with Crippen molar-refractivity contribution in [3.8, 4) is 0 Å². The number of halogens is 2. The zero-order chi connectivity index (χ0) is 24.5. The fraction of sp³-hybridized carbons (Fsp3) is 0.600. The zero-order valence-electron chi connectivity index (χ0n) is 20.3. The number of carbonyl (C=O) groups is 1. The van der Waals surface area contributed by atoms with Crippen molar-refractivity contribution in [1.29, 1.82) is 0 Å². The molecule has 2 fully saturated rings. The van der Waals surface area contributed by atoms with E-state index in [2.05, 4.69) is 39.2 Å². The van der Waals surface area contributed by atoms with Gasteiger partial charge in [0.15, 0.2) is 11.3 Å². The first-order valence-corrected chi connectivity index (χ1v) is 12.7. The molecule has 3 aromatic rings. The fourth-order valence-electron chi connectivity index (χ4n) is 5.39. The van der Waals surface area contributed by atoms with Gasteiger partial charge in [-0.15, -0.1) is 0 Å². The summed E-state index contributed by atoms with van der Waals surface area (Å²) in [6.45, 7) is 6.31. The third kappa shape index (κ3) is 4.88. The molecule has 1 saturated carbocycles. The first-order valence-electron chi connectivity index (χ1n) is 12.7. The number of nitrogens with zero attached hydrogens (tertiary/aromatic N) is 6. The quantitative estimate of drug-likeness (QED) is 0.499. The van der Waals surface area contributed by atoms with Gasteiger partial charge in [0, 0.05) is 25.5 Å². The maximum Gasteiger partial charge on any atom is 0.284 e. The molecule has 0 unspecified atom stereocenters. The minimum absolute atomic E-state index is 0.0440. The van der Waals surface area contributed by atoms with Crippen molar-refractivity contribution in [3.63, 3.8) is 0 Å². The second kappa shape index (κ2) is 9.91. The summed E-state index contributed by atoms with van der Waals surface area (Å²) in [7, 11) is 0. The molecule has 1 aliphatic carbocycles. The van der Waals surface area contributed by atoms with Crippen LogP contribution < -0.4 is 10.2 Å². The summed E-state index contributed by atoms with van der Waals surface area (Å²) in [6.07, 6.45) is 9.31. The van der Waals surface area contributed by atoms with Gasteiger partial charge in [0.25, 0.3) is 12.3 Å². The van der Waals surface area contributed by atoms with Gasteiger partial charge in [-0.05, 0) is 62.8 Å². The Balaban J connectivity index is 1.36. The molecule has 1 N–H and O–H groups in total. The number of carbonyl (C=O) groups excluding carboxylic acids is 1. The molecule has 1 aliphatic heterocycles. The Morgan fingerprint density at radius 3 is 2.54 bits per heavy atom. The van der Waals surface area contributed by atoms with E-state index >= 15 is 0 Å². The van der Waals surface area contributed by atoms with E-state index in [9.17, 15) is 13.6 Å². The van der Waals surface area contributed by atoms with Crippen LogP contribution in [0.4, 0.5) is 20.3 Å². The minimum Gasteiger partial charge on any atom is -0.357 e. The summed E-state index contributed by atoms with van der Waals surface area (Å²) in [5.41, 5.74) is 0.295. The van der Waals surface area contributed by atoms with Crippen LogP contribution in [0.2, 0.25) is 0 Å². The van der Waals surface area contributed by atoms with Crippen LogP contribution >= 0.6 is 0 Å². The van der Waals surface area contributed by atoms with Gasteiger partial charge < -0.3 is 10.2 Å². The topological polar surface area (TPSA) is 80.4 Å². The highest BCUT2D eigenvalue weighted by atomic mass is 19.3. The molecular formula is C25H33F2N7O. The Labute approximate surface area is 203 Å². The number of piperidine rings is 1. The van der Waals surface area contributed by atoms with Crippen molar-refractivity contribution >= 4 is 23.1 Å². The summed E-state index contributed by atoms with van der Waals surface area (Å²) in [5.74, 6) is 1.56. The SMILES string of the molecule is CC(C)C1CCC(n2cc(NC(=O)c3cnn4ccc(N5CCCCC5)nc34)c(C(F)F)n2)CC1. The van der Waals surface area contributed by atoms with Crippen LogP contribution in [-0.2, 0) is 0 Å². The summed E-state index contributed by atoms with van der Waals surface area (Å²) >= 11 is 0. The van der Waals surface area contributed by atoms with Crippen LogP contribution in [-0.4, -0.2) is 43.4 Å². The maximum atomic E-state index is 13.8. The van der Waals surface area contributed by atoms with Gasteiger partial charge in [0.05, 0.1) is 17.9 Å². The van der Waals surface area contributed by atoms with Gasteiger partial charge in [-0.2, -0.15) is 10.2 Å². The normalized spacial score (nSPS) is 21.3. The molecule has 0 spiro atoms. The monoisotopic (exact) mass is 485 g/mol. The van der Waals surface area contributed by atoms with Gasteiger partial charge in [0.1, 0.15) is 11.4 Å². The number of hydrogen-bond acceptors (Lipinski definition) is 5. The van der Waals surface area contributed by atoms with E-state index in [0.29, 0.717) is 17.5 Å². The third-order valence-corrected chi connectivity index (χ3v) is 7.55. The lowest BCUT2D eigenvalue weighted by Crippen LogP contribution is -2.30. The predicted molar refractivity (Wildman–Crippen MR) is 130 cm³/mol. The summed E-state index contributed by atoms with van der Waals surface area (Å²) in [4.78, 5) is 20.0. The highest BCUT2D eigenvalue weighted by molar-refractivity contribution is 6.08. The van der Waals surface area contributed by atoms with Crippen LogP contribution in [0.15, 0.2) is 24.7 Å². The maximum absolute atomic E-state index is 13.8. The molecule has 10 heteroatoms. The largest absolute Gasteiger partial charge is 0.357 e. The highest BCUT2D eigenvalue weighted by Gasteiger charge is 2.28. The number of amides is 1. The highest BCUT2D eigenvalue weighted by Crippen LogP contribution is 2.37. The molecule has 3 aromatic heterocycles. The Bertz CT molecular complexity index is 1170. The lowest BCUT2D eigenvalue weighted by Gasteiger charge is -2.30. The van der Waals surface area contributed by atoms with E-state index in [1.165, 1.54) is 17.1 Å². The molecule has 188 valence electrons. The van der Waals surface area contributed by atoms with E-state index in [0.717, 1.165) is 57.4 Å². The number of anilines is 2. The Morgan fingerprint density at radius 1 is 1.11 bits per heavy atom. The molecule has 8 nitrogen and oxygen atoms in total. The summed E-state index contributed by atoms with van der Waals surface area (Å²) in [5, 5.41) is 11.1. The molecule has 0 radical (unpaired) electrons. The van der Waals surface area contributed by atoms with Crippen molar-refractivity contribution in [2.24, 2.45) is 11.8 Å². The van der Waals surface area contributed by atoms with Gasteiger partial charge in [-0.25, -0.2) is 18.3 Å². The van der Waals surface area contributed by atoms with Crippen LogP contribution in [0.25, 0.3) is 5.65 Å². The molecule has 5 rings (SSSR count). The number of fused-ring (bicyclic) bond motifs is 1. The molecule has 0 atom stereocenters. The van der Waals surface area contributed by atoms with Crippen molar-refractivity contribution < 1.29 is 13.6 Å². The second-order valence-electron chi connectivity index (χ2n) is 10.1. The van der Waals surface area contributed by atoms with Crippen LogP contribution in [0, 0.1) is 11.8 Å². The fourth-order valence-corrected chi connectivity index (χ4v) is 5.39. The zero-order valence-corrected chi connectivity index (χ0v) is 20.3. The molecule has 0 aromatic carbocycles. The van der Waals surface area contributed by atoms with Crippen LogP contribution in [0.3, 0.4) is 0 Å². The molecule has 1 amide bonds. The molecule has 2 aliphatic rings. The van der Waals surface area contributed by atoms with Gasteiger partial charge in [-0.1, -0.05) is 13.8 Å².